The number of aromatic nitrogens is 1. The van der Waals surface area contributed by atoms with Crippen LogP contribution < -0.4 is 4.57 Å². The van der Waals surface area contributed by atoms with Crippen LogP contribution in [0, 0.1) is 0 Å². The highest BCUT2D eigenvalue weighted by Crippen LogP contribution is 2.37. The van der Waals surface area contributed by atoms with E-state index in [0.29, 0.717) is 11.9 Å². The minimum Gasteiger partial charge on any atom is -0.448 e. The van der Waals surface area contributed by atoms with E-state index in [2.05, 4.69) is 6.92 Å². The fraction of sp³-hybridized carbons (Fsp3) is 0.781. The second-order valence-electron chi connectivity index (χ2n) is 10.9. The van der Waals surface area contributed by atoms with Gasteiger partial charge in [0, 0.05) is 36.2 Å². The first-order valence-corrected chi connectivity index (χ1v) is 16.6. The Balaban J connectivity index is 1.41. The molecule has 1 aromatic heterocycles. The summed E-state index contributed by atoms with van der Waals surface area (Å²) in [5, 5.41) is 0.770. The molecule has 0 bridgehead atoms. The quantitative estimate of drug-likeness (QED) is 0.106. The molecule has 2 heterocycles. The predicted molar refractivity (Wildman–Crippen MR) is 161 cm³/mol. The Hall–Kier alpha value is -1.60. The summed E-state index contributed by atoms with van der Waals surface area (Å²) < 4.78 is 13.4. The first-order valence-electron chi connectivity index (χ1n) is 15.7. The molecule has 222 valence electrons. The number of aryl methyl sites for hydroxylation is 1. The van der Waals surface area contributed by atoms with Crippen molar-refractivity contribution in [2.75, 3.05) is 19.8 Å². The van der Waals surface area contributed by atoms with Gasteiger partial charge in [-0.1, -0.05) is 96.5 Å². The molecule has 1 aliphatic heterocycles. The molecular weight excluding hydrogens is 508 g/mol. The summed E-state index contributed by atoms with van der Waals surface area (Å²) in [5.41, 5.74) is 0.904. The van der Waals surface area contributed by atoms with Crippen molar-refractivity contribution in [2.45, 2.75) is 141 Å². The highest BCUT2D eigenvalue weighted by molar-refractivity contribution is 8.01. The zero-order chi connectivity index (χ0) is 28.1. The molecule has 1 fully saturated rings. The van der Waals surface area contributed by atoms with Gasteiger partial charge in [-0.05, 0) is 19.8 Å². The van der Waals surface area contributed by atoms with Gasteiger partial charge in [0.1, 0.15) is 19.7 Å². The average Bonchev–Trinajstić information content (AvgIpc) is 2.91. The van der Waals surface area contributed by atoms with Gasteiger partial charge in [0.15, 0.2) is 6.20 Å². The van der Waals surface area contributed by atoms with Gasteiger partial charge in [-0.25, -0.2) is 14.3 Å². The maximum absolute atomic E-state index is 12.6. The van der Waals surface area contributed by atoms with E-state index in [1.54, 1.807) is 0 Å². The number of unbranched alkanes of at least 4 members (excludes halogenated alkanes) is 13. The molecule has 6 nitrogen and oxygen atoms in total. The Bertz CT molecular complexity index is 800. The van der Waals surface area contributed by atoms with Crippen molar-refractivity contribution < 1.29 is 23.6 Å². The van der Waals surface area contributed by atoms with E-state index in [9.17, 15) is 9.59 Å². The Labute approximate surface area is 242 Å². The topological polar surface area (TPSA) is 59.7 Å². The summed E-state index contributed by atoms with van der Waals surface area (Å²) in [7, 11) is 0. The number of ether oxygens (including phenoxy) is 2. The van der Waals surface area contributed by atoms with Crippen LogP contribution in [0.2, 0.25) is 0 Å². The zero-order valence-corrected chi connectivity index (χ0v) is 25.9. The zero-order valence-electron chi connectivity index (χ0n) is 25.0. The molecule has 0 unspecified atom stereocenters. The van der Waals surface area contributed by atoms with Crippen molar-refractivity contribution in [2.24, 2.45) is 0 Å². The summed E-state index contributed by atoms with van der Waals surface area (Å²) >= 11 is 1.82. The third-order valence-corrected chi connectivity index (χ3v) is 8.97. The lowest BCUT2D eigenvalue weighted by atomic mass is 10.0. The van der Waals surface area contributed by atoms with Gasteiger partial charge in [0.25, 0.3) is 0 Å². The van der Waals surface area contributed by atoms with Crippen molar-refractivity contribution in [3.63, 3.8) is 0 Å². The molecule has 2 atom stereocenters. The molecule has 0 spiro atoms. The molecule has 1 aliphatic rings. The minimum absolute atomic E-state index is 0.219. The van der Waals surface area contributed by atoms with Crippen LogP contribution in [0.5, 0.6) is 0 Å². The Morgan fingerprint density at radius 2 is 1.44 bits per heavy atom. The lowest BCUT2D eigenvalue weighted by Gasteiger charge is -2.34. The van der Waals surface area contributed by atoms with E-state index in [4.69, 9.17) is 9.47 Å². The van der Waals surface area contributed by atoms with Gasteiger partial charge in [0.2, 0.25) is 11.6 Å². The van der Waals surface area contributed by atoms with E-state index in [1.165, 1.54) is 95.3 Å². The molecular formula is C32H55N2O4S+. The normalized spacial score (nSPS) is 16.6. The number of thioether (sulfide) groups is 1. The Morgan fingerprint density at radius 1 is 0.872 bits per heavy atom. The number of rotatable bonds is 22. The molecule has 39 heavy (non-hydrogen) atoms. The molecule has 0 aromatic carbocycles. The molecule has 0 N–H and O–H groups in total. The molecule has 1 aromatic rings. The third kappa shape index (κ3) is 14.6. The number of amides is 2. The molecule has 0 radical (unpaired) electrons. The summed E-state index contributed by atoms with van der Waals surface area (Å²) in [6.45, 7) is 8.68. The van der Waals surface area contributed by atoms with E-state index in [-0.39, 0.29) is 17.7 Å². The number of carbonyl (C=O) groups is 2. The van der Waals surface area contributed by atoms with Crippen LogP contribution in [0.3, 0.4) is 0 Å². The Morgan fingerprint density at radius 3 is 2.00 bits per heavy atom. The van der Waals surface area contributed by atoms with Crippen molar-refractivity contribution in [1.82, 2.24) is 4.90 Å². The van der Waals surface area contributed by atoms with Gasteiger partial charge in [-0.3, -0.25) is 4.79 Å². The standard InChI is InChI=1S/C32H55N2O4S/c1-4-6-7-8-9-10-11-12-13-14-15-16-17-20-23-37-26-30-24-31(39-30)27-38-32(36)34(28(3)35)25-29-21-18-19-22-33(29)5-2/h18-19,21-22,30-31H,4-17,20,23-27H2,1-3H3/q+1/t30-,31-/m1/s1. The highest BCUT2D eigenvalue weighted by Gasteiger charge is 2.32. The molecule has 0 saturated carbocycles. The minimum atomic E-state index is -0.563. The number of hydrogen-bond donors (Lipinski definition) is 0. The van der Waals surface area contributed by atoms with Crippen LogP contribution in [0.4, 0.5) is 4.79 Å². The van der Waals surface area contributed by atoms with Crippen LogP contribution >= 0.6 is 11.8 Å². The predicted octanol–water partition coefficient (Wildman–Crippen LogP) is 7.85. The van der Waals surface area contributed by atoms with Crippen LogP contribution in [0.1, 0.15) is 123 Å². The smallest absolute Gasteiger partial charge is 0.417 e. The van der Waals surface area contributed by atoms with Gasteiger partial charge < -0.3 is 9.47 Å². The number of carbonyl (C=O) groups excluding carboxylic acids is 2. The highest BCUT2D eigenvalue weighted by atomic mass is 32.2. The summed E-state index contributed by atoms with van der Waals surface area (Å²) in [6.07, 6.45) is 21.6. The van der Waals surface area contributed by atoms with E-state index < -0.39 is 6.09 Å². The van der Waals surface area contributed by atoms with Crippen LogP contribution in [0.25, 0.3) is 0 Å². The molecule has 1 saturated heterocycles. The van der Waals surface area contributed by atoms with Gasteiger partial charge in [-0.15, -0.1) is 11.8 Å². The number of nitrogens with zero attached hydrogens (tertiary/aromatic N) is 2. The SMILES string of the molecule is CCCCCCCCCCCCCCCCOC[C@H]1C[C@H](COC(=O)N(Cc2cccc[n+]2CC)C(C)=O)S1. The first-order chi connectivity index (χ1) is 19.0. The van der Waals surface area contributed by atoms with Gasteiger partial charge in [-0.2, -0.15) is 0 Å². The second-order valence-corrected chi connectivity index (χ2v) is 12.6. The van der Waals surface area contributed by atoms with Crippen LogP contribution in [0.15, 0.2) is 24.4 Å². The maximum atomic E-state index is 12.6. The monoisotopic (exact) mass is 563 g/mol. The van der Waals surface area contributed by atoms with Crippen molar-refractivity contribution in [3.05, 3.63) is 30.1 Å². The van der Waals surface area contributed by atoms with Crippen LogP contribution in [-0.4, -0.2) is 47.2 Å². The van der Waals surface area contributed by atoms with Gasteiger partial charge in [0.05, 0.1) is 6.61 Å². The number of imide groups is 1. The van der Waals surface area contributed by atoms with Crippen molar-refractivity contribution >= 4 is 23.8 Å². The lowest BCUT2D eigenvalue weighted by molar-refractivity contribution is -0.701. The lowest BCUT2D eigenvalue weighted by Crippen LogP contribution is -2.44. The van der Waals surface area contributed by atoms with E-state index >= 15 is 0 Å². The van der Waals surface area contributed by atoms with E-state index in [1.807, 2.05) is 47.6 Å². The summed E-state index contributed by atoms with van der Waals surface area (Å²) in [6, 6.07) is 5.78. The van der Waals surface area contributed by atoms with Crippen LogP contribution in [-0.2, 0) is 27.4 Å². The molecule has 2 amide bonds. The second kappa shape index (κ2) is 21.2. The molecule has 2 rings (SSSR count). The van der Waals surface area contributed by atoms with Crippen molar-refractivity contribution in [1.29, 1.82) is 0 Å². The van der Waals surface area contributed by atoms with E-state index in [0.717, 1.165) is 38.3 Å². The molecule has 0 aliphatic carbocycles. The summed E-state index contributed by atoms with van der Waals surface area (Å²) in [4.78, 5) is 25.9. The number of pyridine rings is 1. The van der Waals surface area contributed by atoms with Crippen molar-refractivity contribution in [3.8, 4) is 0 Å². The molecule has 7 heteroatoms. The maximum Gasteiger partial charge on any atom is 0.417 e. The first kappa shape index (κ1) is 33.6. The fourth-order valence-corrected chi connectivity index (χ4v) is 6.25. The largest absolute Gasteiger partial charge is 0.448 e. The fourth-order valence-electron chi connectivity index (χ4n) is 5.05. The average molecular weight is 564 g/mol. The third-order valence-electron chi connectivity index (χ3n) is 7.55. The Kier molecular flexibility index (Phi) is 18.3. The summed E-state index contributed by atoms with van der Waals surface area (Å²) in [5.74, 6) is -0.303. The number of hydrogen-bond acceptors (Lipinski definition) is 5. The van der Waals surface area contributed by atoms with Gasteiger partial charge >= 0.3 is 6.09 Å².